The average Bonchev–Trinajstić information content (AvgIpc) is 2.61. The summed E-state index contributed by atoms with van der Waals surface area (Å²) in [5.74, 6) is 0.838. The van der Waals surface area contributed by atoms with Crippen molar-refractivity contribution in [2.45, 2.75) is 6.54 Å². The van der Waals surface area contributed by atoms with Gasteiger partial charge < -0.3 is 10.2 Å². The number of piperazine rings is 1. The third-order valence-corrected chi connectivity index (χ3v) is 4.17. The molecule has 24 heavy (non-hydrogen) atoms. The molecule has 1 aliphatic heterocycles. The van der Waals surface area contributed by atoms with Crippen molar-refractivity contribution < 1.29 is 4.79 Å². The van der Waals surface area contributed by atoms with E-state index < -0.39 is 0 Å². The second kappa shape index (κ2) is 8.08. The molecule has 0 saturated carbocycles. The lowest BCUT2D eigenvalue weighted by Gasteiger charge is -2.34. The number of halogens is 1. The Morgan fingerprint density at radius 2 is 1.88 bits per heavy atom. The number of amides is 1. The molecule has 0 bridgehead atoms. The molecule has 1 aromatic carbocycles. The van der Waals surface area contributed by atoms with Gasteiger partial charge in [-0.05, 0) is 5.56 Å². The van der Waals surface area contributed by atoms with Crippen LogP contribution >= 0.6 is 11.6 Å². The molecule has 0 aliphatic carbocycles. The van der Waals surface area contributed by atoms with Gasteiger partial charge in [0.05, 0.1) is 18.9 Å². The molecule has 126 valence electrons. The molecule has 0 spiro atoms. The normalized spacial score (nSPS) is 15.3. The van der Waals surface area contributed by atoms with Gasteiger partial charge in [0, 0.05) is 32.7 Å². The maximum Gasteiger partial charge on any atom is 0.234 e. The van der Waals surface area contributed by atoms with Crippen LogP contribution in [0.2, 0.25) is 5.15 Å². The molecule has 3 rings (SSSR count). The zero-order chi connectivity index (χ0) is 16.8. The Morgan fingerprint density at radius 1 is 1.12 bits per heavy atom. The molecule has 1 aromatic heterocycles. The van der Waals surface area contributed by atoms with Gasteiger partial charge in [-0.2, -0.15) is 0 Å². The fourth-order valence-electron chi connectivity index (χ4n) is 2.68. The van der Waals surface area contributed by atoms with Gasteiger partial charge in [0.25, 0.3) is 0 Å². The van der Waals surface area contributed by atoms with Crippen LogP contribution in [0.25, 0.3) is 0 Å². The van der Waals surface area contributed by atoms with E-state index in [1.807, 2.05) is 30.3 Å². The number of carbonyl (C=O) groups excluding carboxylic acids is 1. The van der Waals surface area contributed by atoms with Gasteiger partial charge in [-0.3, -0.25) is 14.7 Å². The van der Waals surface area contributed by atoms with E-state index in [0.717, 1.165) is 37.6 Å². The highest BCUT2D eigenvalue weighted by atomic mass is 35.5. The molecule has 0 radical (unpaired) electrons. The monoisotopic (exact) mass is 345 g/mol. The van der Waals surface area contributed by atoms with Crippen molar-refractivity contribution in [3.05, 3.63) is 53.4 Å². The summed E-state index contributed by atoms with van der Waals surface area (Å²) in [6.45, 7) is 4.22. The number of carbonyl (C=O) groups is 1. The number of nitrogens with one attached hydrogen (secondary N) is 1. The van der Waals surface area contributed by atoms with Crippen LogP contribution < -0.4 is 10.2 Å². The SMILES string of the molecule is O=C(CN1CCN(c2cncc(Cl)n2)CC1)NCc1ccccc1. The minimum Gasteiger partial charge on any atom is -0.353 e. The minimum absolute atomic E-state index is 0.0508. The highest BCUT2D eigenvalue weighted by Crippen LogP contribution is 2.14. The lowest BCUT2D eigenvalue weighted by molar-refractivity contribution is -0.122. The smallest absolute Gasteiger partial charge is 0.234 e. The summed E-state index contributed by atoms with van der Waals surface area (Å²) in [7, 11) is 0. The summed E-state index contributed by atoms with van der Waals surface area (Å²) in [6, 6.07) is 9.92. The van der Waals surface area contributed by atoms with Gasteiger partial charge >= 0.3 is 0 Å². The number of hydrogen-bond donors (Lipinski definition) is 1. The molecule has 0 atom stereocenters. The molecule has 2 aromatic rings. The molecule has 6 nitrogen and oxygen atoms in total. The van der Waals surface area contributed by atoms with E-state index >= 15 is 0 Å². The number of aromatic nitrogens is 2. The van der Waals surface area contributed by atoms with Gasteiger partial charge in [-0.15, -0.1) is 0 Å². The average molecular weight is 346 g/mol. The van der Waals surface area contributed by atoms with Crippen LogP contribution in [0.4, 0.5) is 5.82 Å². The standard InChI is InChI=1S/C17H20ClN5O/c18-15-11-19-12-16(21-15)23-8-6-22(7-9-23)13-17(24)20-10-14-4-2-1-3-5-14/h1-5,11-12H,6-10,13H2,(H,20,24). The van der Waals surface area contributed by atoms with Crippen LogP contribution in [0.1, 0.15) is 5.56 Å². The van der Waals surface area contributed by atoms with E-state index in [4.69, 9.17) is 11.6 Å². The van der Waals surface area contributed by atoms with Crippen molar-refractivity contribution in [1.29, 1.82) is 0 Å². The fraction of sp³-hybridized carbons (Fsp3) is 0.353. The third kappa shape index (κ3) is 4.66. The number of benzene rings is 1. The summed E-state index contributed by atoms with van der Waals surface area (Å²) in [6.07, 6.45) is 3.24. The molecule has 1 fully saturated rings. The molecule has 1 amide bonds. The van der Waals surface area contributed by atoms with E-state index in [9.17, 15) is 4.79 Å². The lowest BCUT2D eigenvalue weighted by Crippen LogP contribution is -2.49. The van der Waals surface area contributed by atoms with Crippen LogP contribution in [0, 0.1) is 0 Å². The van der Waals surface area contributed by atoms with Gasteiger partial charge in [-0.25, -0.2) is 4.98 Å². The quantitative estimate of drug-likeness (QED) is 0.891. The van der Waals surface area contributed by atoms with Gasteiger partial charge in [0.2, 0.25) is 5.91 Å². The van der Waals surface area contributed by atoms with E-state index in [1.165, 1.54) is 6.20 Å². The van der Waals surface area contributed by atoms with E-state index in [-0.39, 0.29) is 5.91 Å². The van der Waals surface area contributed by atoms with Crippen molar-refractivity contribution >= 4 is 23.3 Å². The second-order valence-electron chi connectivity index (χ2n) is 5.73. The predicted molar refractivity (Wildman–Crippen MR) is 94.0 cm³/mol. The van der Waals surface area contributed by atoms with Crippen LogP contribution in [-0.2, 0) is 11.3 Å². The summed E-state index contributed by atoms with van der Waals surface area (Å²) in [5, 5.41) is 3.36. The van der Waals surface area contributed by atoms with Crippen molar-refractivity contribution in [3.8, 4) is 0 Å². The Kier molecular flexibility index (Phi) is 5.61. The number of nitrogens with zero attached hydrogens (tertiary/aromatic N) is 4. The molecular weight excluding hydrogens is 326 g/mol. The summed E-state index contributed by atoms with van der Waals surface area (Å²) < 4.78 is 0. The van der Waals surface area contributed by atoms with Gasteiger partial charge in [-0.1, -0.05) is 41.9 Å². The van der Waals surface area contributed by atoms with Crippen molar-refractivity contribution in [3.63, 3.8) is 0 Å². The Hall–Kier alpha value is -2.18. The van der Waals surface area contributed by atoms with E-state index in [0.29, 0.717) is 18.2 Å². The van der Waals surface area contributed by atoms with Crippen molar-refractivity contribution in [1.82, 2.24) is 20.2 Å². The molecular formula is C17H20ClN5O. The summed E-state index contributed by atoms with van der Waals surface area (Å²) in [4.78, 5) is 24.7. The third-order valence-electron chi connectivity index (χ3n) is 3.99. The Balaban J connectivity index is 1.42. The highest BCUT2D eigenvalue weighted by Gasteiger charge is 2.20. The molecule has 7 heteroatoms. The predicted octanol–water partition coefficient (Wildman–Crippen LogP) is 1.57. The first-order valence-corrected chi connectivity index (χ1v) is 8.34. The maximum atomic E-state index is 12.1. The Labute approximate surface area is 146 Å². The summed E-state index contributed by atoms with van der Waals surface area (Å²) >= 11 is 5.88. The van der Waals surface area contributed by atoms with Crippen LogP contribution in [0.5, 0.6) is 0 Å². The largest absolute Gasteiger partial charge is 0.353 e. The van der Waals surface area contributed by atoms with Crippen molar-refractivity contribution in [2.24, 2.45) is 0 Å². The van der Waals surface area contributed by atoms with E-state index in [2.05, 4.69) is 25.1 Å². The number of anilines is 1. The zero-order valence-corrected chi connectivity index (χ0v) is 14.1. The first kappa shape index (κ1) is 16.7. The summed E-state index contributed by atoms with van der Waals surface area (Å²) in [5.41, 5.74) is 1.11. The molecule has 1 N–H and O–H groups in total. The Morgan fingerprint density at radius 3 is 2.58 bits per heavy atom. The second-order valence-corrected chi connectivity index (χ2v) is 6.11. The van der Waals surface area contributed by atoms with Gasteiger partial charge in [0.15, 0.2) is 0 Å². The molecule has 1 aliphatic rings. The maximum absolute atomic E-state index is 12.1. The first-order valence-electron chi connectivity index (χ1n) is 7.96. The van der Waals surface area contributed by atoms with Crippen LogP contribution in [0.15, 0.2) is 42.7 Å². The molecule has 0 unspecified atom stereocenters. The lowest BCUT2D eigenvalue weighted by atomic mass is 10.2. The number of hydrogen-bond acceptors (Lipinski definition) is 5. The first-order chi connectivity index (χ1) is 11.7. The highest BCUT2D eigenvalue weighted by molar-refractivity contribution is 6.29. The minimum atomic E-state index is 0.0508. The van der Waals surface area contributed by atoms with E-state index in [1.54, 1.807) is 6.20 Å². The fourth-order valence-corrected chi connectivity index (χ4v) is 2.82. The Bertz CT molecular complexity index is 674. The van der Waals surface area contributed by atoms with Crippen molar-refractivity contribution in [2.75, 3.05) is 37.6 Å². The molecule has 1 saturated heterocycles. The number of rotatable bonds is 5. The molecule has 2 heterocycles. The van der Waals surface area contributed by atoms with Crippen LogP contribution in [0.3, 0.4) is 0 Å². The topological polar surface area (TPSA) is 61.4 Å². The zero-order valence-electron chi connectivity index (χ0n) is 13.4. The van der Waals surface area contributed by atoms with Crippen LogP contribution in [-0.4, -0.2) is 53.5 Å². The van der Waals surface area contributed by atoms with Gasteiger partial charge in [0.1, 0.15) is 11.0 Å².